The van der Waals surface area contributed by atoms with E-state index in [2.05, 4.69) is 25.8 Å². The number of nitrogens with two attached hydrogens (primary N) is 2. The van der Waals surface area contributed by atoms with Crippen molar-refractivity contribution in [2.24, 2.45) is 0 Å². The Morgan fingerprint density at radius 2 is 1.93 bits per heavy atom. The number of fused-ring (bicyclic) bond motifs is 1. The Balaban J connectivity index is 1.67. The predicted molar refractivity (Wildman–Crippen MR) is 110 cm³/mol. The fraction of sp³-hybridized carbons (Fsp3) is 0.100. The lowest BCUT2D eigenvalue weighted by Gasteiger charge is -2.32. The van der Waals surface area contributed by atoms with Gasteiger partial charge in [-0.15, -0.1) is 0 Å². The number of hydrogen-bond donors (Lipinski definition) is 4. The van der Waals surface area contributed by atoms with E-state index in [0.29, 0.717) is 17.5 Å². The molecule has 0 aromatic carbocycles. The lowest BCUT2D eigenvalue weighted by Crippen LogP contribution is -2.41. The Morgan fingerprint density at radius 3 is 2.69 bits per heavy atom. The fourth-order valence-corrected chi connectivity index (χ4v) is 3.61. The highest BCUT2D eigenvalue weighted by Gasteiger charge is 2.42. The van der Waals surface area contributed by atoms with Crippen molar-refractivity contribution < 1.29 is 4.52 Å². The van der Waals surface area contributed by atoms with E-state index >= 15 is 0 Å². The number of nitrogen functional groups attached to an aromatic ring is 2. The van der Waals surface area contributed by atoms with Crippen LogP contribution in [-0.2, 0) is 5.66 Å². The molecule has 29 heavy (non-hydrogen) atoms. The topological polar surface area (TPSA) is 141 Å². The summed E-state index contributed by atoms with van der Waals surface area (Å²) < 4.78 is 5.06. The number of pyridine rings is 3. The highest BCUT2D eigenvalue weighted by Crippen LogP contribution is 2.44. The third kappa shape index (κ3) is 2.63. The van der Waals surface area contributed by atoms with Crippen molar-refractivity contribution >= 4 is 23.1 Å². The number of rotatable bonds is 3. The van der Waals surface area contributed by atoms with Crippen LogP contribution in [0.4, 0.5) is 23.1 Å². The maximum atomic E-state index is 6.24. The number of aromatic nitrogens is 4. The van der Waals surface area contributed by atoms with Crippen molar-refractivity contribution in [3.05, 3.63) is 71.9 Å². The Morgan fingerprint density at radius 1 is 1.03 bits per heavy atom. The standard InChI is InChI=1S/C20H18N8O/c1-11-13(10-29-28-11)15-4-5-16-19(25-15)27-20(26-16,12-6-8-23-17(21)9-12)14-3-2-7-24-18(14)22/h2-10,26H,1H3,(H2,21,23)(H2,22,24)(H,25,27). The molecule has 1 atom stereocenters. The third-order valence-electron chi connectivity index (χ3n) is 5.01. The zero-order valence-corrected chi connectivity index (χ0v) is 15.5. The van der Waals surface area contributed by atoms with Crippen LogP contribution < -0.4 is 22.1 Å². The van der Waals surface area contributed by atoms with E-state index < -0.39 is 5.66 Å². The van der Waals surface area contributed by atoms with Crippen molar-refractivity contribution in [1.82, 2.24) is 20.1 Å². The van der Waals surface area contributed by atoms with Crippen LogP contribution in [0.25, 0.3) is 11.3 Å². The van der Waals surface area contributed by atoms with Crippen LogP contribution in [-0.4, -0.2) is 20.1 Å². The molecule has 5 rings (SSSR count). The van der Waals surface area contributed by atoms with Crippen molar-refractivity contribution in [3.8, 4) is 11.3 Å². The molecule has 5 heterocycles. The molecule has 0 saturated heterocycles. The highest BCUT2D eigenvalue weighted by molar-refractivity contribution is 5.80. The number of aryl methyl sites for hydroxylation is 1. The van der Waals surface area contributed by atoms with Gasteiger partial charge in [-0.2, -0.15) is 0 Å². The number of nitrogens with one attached hydrogen (secondary N) is 2. The average Bonchev–Trinajstić information content (AvgIpc) is 3.32. The summed E-state index contributed by atoms with van der Waals surface area (Å²) in [6.45, 7) is 1.87. The van der Waals surface area contributed by atoms with Gasteiger partial charge in [0, 0.05) is 23.5 Å². The smallest absolute Gasteiger partial charge is 0.166 e. The molecule has 9 nitrogen and oxygen atoms in total. The largest absolute Gasteiger partial charge is 0.384 e. The second kappa shape index (κ2) is 6.20. The minimum Gasteiger partial charge on any atom is -0.384 e. The van der Waals surface area contributed by atoms with Crippen LogP contribution in [0, 0.1) is 6.92 Å². The zero-order chi connectivity index (χ0) is 20.0. The Labute approximate surface area is 166 Å². The molecule has 6 N–H and O–H groups in total. The van der Waals surface area contributed by atoms with E-state index in [0.717, 1.165) is 33.8 Å². The predicted octanol–water partition coefficient (Wildman–Crippen LogP) is 2.74. The maximum Gasteiger partial charge on any atom is 0.166 e. The number of hydrogen-bond acceptors (Lipinski definition) is 9. The summed E-state index contributed by atoms with van der Waals surface area (Å²) in [6.07, 6.45) is 4.90. The molecule has 4 aromatic rings. The molecule has 1 aliphatic rings. The quantitative estimate of drug-likeness (QED) is 0.418. The third-order valence-corrected chi connectivity index (χ3v) is 5.01. The summed E-state index contributed by atoms with van der Waals surface area (Å²) >= 11 is 0. The Bertz CT molecular complexity index is 1220. The lowest BCUT2D eigenvalue weighted by molar-refractivity contribution is 0.415. The maximum absolute atomic E-state index is 6.24. The van der Waals surface area contributed by atoms with Crippen molar-refractivity contribution in [2.75, 3.05) is 22.1 Å². The van der Waals surface area contributed by atoms with Gasteiger partial charge in [-0.05, 0) is 43.3 Å². The molecular formula is C20H18N8O. The summed E-state index contributed by atoms with van der Waals surface area (Å²) in [5, 5.41) is 10.9. The van der Waals surface area contributed by atoms with Gasteiger partial charge in [-0.25, -0.2) is 15.0 Å². The van der Waals surface area contributed by atoms with Gasteiger partial charge in [0.1, 0.15) is 17.9 Å². The fourth-order valence-electron chi connectivity index (χ4n) is 3.61. The lowest BCUT2D eigenvalue weighted by atomic mass is 9.92. The second-order valence-corrected chi connectivity index (χ2v) is 6.81. The summed E-state index contributed by atoms with van der Waals surface area (Å²) in [6, 6.07) is 11.3. The molecule has 0 bridgehead atoms. The van der Waals surface area contributed by atoms with Gasteiger partial charge in [0.25, 0.3) is 0 Å². The first-order chi connectivity index (χ1) is 14.1. The molecule has 1 unspecified atom stereocenters. The average molecular weight is 386 g/mol. The van der Waals surface area contributed by atoms with Gasteiger partial charge in [-0.3, -0.25) is 0 Å². The van der Waals surface area contributed by atoms with E-state index in [4.69, 9.17) is 21.0 Å². The molecule has 9 heteroatoms. The molecule has 0 amide bonds. The molecule has 0 saturated carbocycles. The van der Waals surface area contributed by atoms with Crippen molar-refractivity contribution in [3.63, 3.8) is 0 Å². The Kier molecular flexibility index (Phi) is 3.63. The first-order valence-electron chi connectivity index (χ1n) is 8.98. The van der Waals surface area contributed by atoms with Gasteiger partial charge in [0.15, 0.2) is 11.5 Å². The minimum atomic E-state index is -0.896. The highest BCUT2D eigenvalue weighted by atomic mass is 16.5. The van der Waals surface area contributed by atoms with E-state index in [1.807, 2.05) is 37.3 Å². The van der Waals surface area contributed by atoms with Gasteiger partial charge >= 0.3 is 0 Å². The normalized spacial score (nSPS) is 17.4. The monoisotopic (exact) mass is 386 g/mol. The van der Waals surface area contributed by atoms with Crippen LogP contribution in [0.1, 0.15) is 16.8 Å². The van der Waals surface area contributed by atoms with Crippen LogP contribution in [0.5, 0.6) is 0 Å². The first-order valence-corrected chi connectivity index (χ1v) is 8.98. The summed E-state index contributed by atoms with van der Waals surface area (Å²) in [5.41, 5.74) is 16.1. The van der Waals surface area contributed by atoms with Gasteiger partial charge in [0.05, 0.1) is 22.6 Å². The SMILES string of the molecule is Cc1nocc1-c1ccc2c(n1)NC(c1ccnc(N)c1)(c1cccnc1N)N2. The molecule has 1 aliphatic heterocycles. The second-order valence-electron chi connectivity index (χ2n) is 6.81. The molecule has 0 spiro atoms. The van der Waals surface area contributed by atoms with Crippen molar-refractivity contribution in [1.29, 1.82) is 0 Å². The van der Waals surface area contributed by atoms with E-state index in [1.54, 1.807) is 24.7 Å². The van der Waals surface area contributed by atoms with E-state index in [1.165, 1.54) is 0 Å². The molecule has 4 aromatic heterocycles. The number of nitrogens with zero attached hydrogens (tertiary/aromatic N) is 4. The van der Waals surface area contributed by atoms with Gasteiger partial charge in [0.2, 0.25) is 0 Å². The summed E-state index contributed by atoms with van der Waals surface area (Å²) in [5.74, 6) is 1.46. The minimum absolute atomic E-state index is 0.394. The van der Waals surface area contributed by atoms with Crippen LogP contribution in [0.3, 0.4) is 0 Å². The Hall–Kier alpha value is -4.14. The van der Waals surface area contributed by atoms with E-state index in [9.17, 15) is 0 Å². The van der Waals surface area contributed by atoms with Crippen LogP contribution >= 0.6 is 0 Å². The molecule has 0 fully saturated rings. The molecular weight excluding hydrogens is 368 g/mol. The van der Waals surface area contributed by atoms with Crippen molar-refractivity contribution in [2.45, 2.75) is 12.6 Å². The van der Waals surface area contributed by atoms with Gasteiger partial charge < -0.3 is 26.6 Å². The van der Waals surface area contributed by atoms with Crippen LogP contribution in [0.15, 0.2) is 59.6 Å². The zero-order valence-electron chi connectivity index (χ0n) is 15.5. The first kappa shape index (κ1) is 17.0. The molecule has 144 valence electrons. The summed E-state index contributed by atoms with van der Waals surface area (Å²) in [4.78, 5) is 13.1. The van der Waals surface area contributed by atoms with Gasteiger partial charge in [-0.1, -0.05) is 5.16 Å². The summed E-state index contributed by atoms with van der Waals surface area (Å²) in [7, 11) is 0. The number of anilines is 4. The van der Waals surface area contributed by atoms with E-state index in [-0.39, 0.29) is 0 Å². The molecule has 0 aliphatic carbocycles. The van der Waals surface area contributed by atoms with Crippen LogP contribution in [0.2, 0.25) is 0 Å². The molecule has 0 radical (unpaired) electrons.